The van der Waals surface area contributed by atoms with Gasteiger partial charge < -0.3 is 19.1 Å². The van der Waals surface area contributed by atoms with Crippen LogP contribution in [0.5, 0.6) is 0 Å². The van der Waals surface area contributed by atoms with Crippen molar-refractivity contribution in [2.24, 2.45) is 5.92 Å². The largest absolute Gasteiger partial charge is 0.461 e. The van der Waals surface area contributed by atoms with Crippen molar-refractivity contribution in [3.63, 3.8) is 0 Å². The zero-order valence-electron chi connectivity index (χ0n) is 14.6. The maximum atomic E-state index is 11.0. The van der Waals surface area contributed by atoms with Gasteiger partial charge in [-0.15, -0.1) is 0 Å². The van der Waals surface area contributed by atoms with Crippen molar-refractivity contribution in [1.29, 1.82) is 0 Å². The maximum absolute atomic E-state index is 11.0. The second-order valence-corrected chi connectivity index (χ2v) is 6.16. The van der Waals surface area contributed by atoms with E-state index in [-0.39, 0.29) is 12.1 Å². The van der Waals surface area contributed by atoms with Gasteiger partial charge in [-0.1, -0.05) is 28.7 Å². The fourth-order valence-corrected chi connectivity index (χ4v) is 2.39. The molecular weight excluding hydrogens is 429 g/mol. The summed E-state index contributed by atoms with van der Waals surface area (Å²) < 4.78 is 16.8. The molecule has 0 aromatic heterocycles. The first kappa shape index (κ1) is 23.0. The second-order valence-electron chi connectivity index (χ2n) is 5.44. The van der Waals surface area contributed by atoms with Crippen molar-refractivity contribution in [3.05, 3.63) is 10.2 Å². The number of hydrogen-bond donors (Lipinski definition) is 0. The molecule has 0 spiro atoms. The summed E-state index contributed by atoms with van der Waals surface area (Å²) in [6.07, 6.45) is 2.95. The molecule has 0 radical (unpaired) electrons. The molecule has 138 valence electrons. The number of nitrogens with zero attached hydrogens (tertiary/aromatic N) is 1. The molecule has 2 unspecified atom stereocenters. The molecule has 1 aliphatic heterocycles. The van der Waals surface area contributed by atoms with Crippen LogP contribution in [0.15, 0.2) is 10.2 Å². The summed E-state index contributed by atoms with van der Waals surface area (Å²) in [5, 5.41) is 0. The summed E-state index contributed by atoms with van der Waals surface area (Å²) >= 11 is 2.17. The van der Waals surface area contributed by atoms with E-state index in [1.165, 1.54) is 20.8 Å². The Morgan fingerprint density at radius 2 is 1.79 bits per heavy atom. The number of likely N-dealkylation sites (tertiary alicyclic amines) is 1. The number of hydrogen-bond acceptors (Lipinski definition) is 7. The minimum absolute atomic E-state index is 0.0326. The van der Waals surface area contributed by atoms with Crippen molar-refractivity contribution in [1.82, 2.24) is 4.90 Å². The van der Waals surface area contributed by atoms with E-state index in [2.05, 4.69) is 32.2 Å². The Bertz CT molecular complexity index is 428. The molecule has 8 heteroatoms. The van der Waals surface area contributed by atoms with Gasteiger partial charge in [0.2, 0.25) is 0 Å². The van der Waals surface area contributed by atoms with Crippen LogP contribution in [0, 0.1) is 5.92 Å². The zero-order valence-corrected chi connectivity index (χ0v) is 16.8. The van der Waals surface area contributed by atoms with E-state index in [0.29, 0.717) is 19.1 Å². The van der Waals surface area contributed by atoms with Gasteiger partial charge in [0.1, 0.15) is 6.10 Å². The molecule has 0 bridgehead atoms. The van der Waals surface area contributed by atoms with Crippen molar-refractivity contribution in [2.75, 3.05) is 33.4 Å². The van der Waals surface area contributed by atoms with E-state index >= 15 is 0 Å². The number of halogens is 1. The summed E-state index contributed by atoms with van der Waals surface area (Å²) in [7, 11) is 2.05. The molecule has 0 saturated carbocycles. The van der Waals surface area contributed by atoms with Crippen LogP contribution in [-0.4, -0.2) is 62.3 Å². The van der Waals surface area contributed by atoms with Crippen molar-refractivity contribution >= 4 is 40.5 Å². The van der Waals surface area contributed by atoms with Gasteiger partial charge in [0.05, 0.1) is 13.2 Å². The van der Waals surface area contributed by atoms with Gasteiger partial charge in [0.15, 0.2) is 0 Å². The molecule has 1 aliphatic rings. The van der Waals surface area contributed by atoms with Crippen LogP contribution >= 0.6 is 22.6 Å². The Hall–Kier alpha value is -1.00. The third-order valence-corrected chi connectivity index (χ3v) is 3.65. The Kier molecular flexibility index (Phi) is 12.8. The number of ether oxygens (including phenoxy) is 3. The van der Waals surface area contributed by atoms with E-state index in [4.69, 9.17) is 9.47 Å². The first-order valence-electron chi connectivity index (χ1n) is 7.64. The van der Waals surface area contributed by atoms with Crippen LogP contribution < -0.4 is 0 Å². The summed E-state index contributed by atoms with van der Waals surface area (Å²) in [6.45, 7) is 6.95. The van der Waals surface area contributed by atoms with Gasteiger partial charge in [0.25, 0.3) is 0 Å². The van der Waals surface area contributed by atoms with Crippen LogP contribution in [0.1, 0.15) is 27.2 Å². The average molecular weight is 455 g/mol. The number of carbonyl (C=O) groups is 3. The van der Waals surface area contributed by atoms with Crippen LogP contribution in [-0.2, 0) is 28.6 Å². The van der Waals surface area contributed by atoms with Crippen molar-refractivity contribution in [3.8, 4) is 0 Å². The van der Waals surface area contributed by atoms with Gasteiger partial charge in [0, 0.05) is 33.2 Å². The molecule has 0 aromatic rings. The molecule has 0 aliphatic carbocycles. The van der Waals surface area contributed by atoms with E-state index < -0.39 is 11.9 Å². The van der Waals surface area contributed by atoms with Crippen LogP contribution in [0.2, 0.25) is 0 Å². The number of carbonyl (C=O) groups excluding carboxylic acids is 3. The van der Waals surface area contributed by atoms with Crippen molar-refractivity contribution in [2.45, 2.75) is 33.3 Å². The molecule has 24 heavy (non-hydrogen) atoms. The average Bonchev–Trinajstić information content (AvgIpc) is 2.44. The molecule has 0 aromatic carbocycles. The summed E-state index contributed by atoms with van der Waals surface area (Å²) in [5.74, 6) is -1.01. The SMILES string of the molecule is CC(=O)OC(C)=O.CC(=O)OC1CN(C)CCC1COC/C=C/I. The zero-order chi connectivity index (χ0) is 18.5. The first-order valence-corrected chi connectivity index (χ1v) is 8.88. The molecule has 0 N–H and O–H groups in total. The lowest BCUT2D eigenvalue weighted by molar-refractivity contribution is -0.156. The van der Waals surface area contributed by atoms with Crippen LogP contribution in [0.25, 0.3) is 0 Å². The third kappa shape index (κ3) is 12.4. The third-order valence-electron chi connectivity index (χ3n) is 3.14. The molecule has 2 atom stereocenters. The Balaban J connectivity index is 0.000000640. The number of rotatable bonds is 5. The minimum Gasteiger partial charge on any atom is -0.461 e. The van der Waals surface area contributed by atoms with Gasteiger partial charge in [-0.05, 0) is 24.1 Å². The molecule has 0 amide bonds. The minimum atomic E-state index is -0.562. The standard InChI is InChI=1S/C12H20INO3.C4H6O3/c1-10(15)17-12-8-14(2)6-4-11(12)9-16-7-3-5-13;1-3(5)7-4(2)6/h3,5,11-12H,4,6-9H2,1-2H3;1-2H3/b5-3+;. The quantitative estimate of drug-likeness (QED) is 0.271. The topological polar surface area (TPSA) is 82.1 Å². The Morgan fingerprint density at radius 3 is 2.25 bits per heavy atom. The van der Waals surface area contributed by atoms with E-state index in [1.807, 2.05) is 17.2 Å². The highest BCUT2D eigenvalue weighted by Crippen LogP contribution is 2.20. The monoisotopic (exact) mass is 455 g/mol. The lowest BCUT2D eigenvalue weighted by atomic mass is 9.95. The normalized spacial score (nSPS) is 20.9. The summed E-state index contributed by atoms with van der Waals surface area (Å²) in [6, 6.07) is 0. The summed E-state index contributed by atoms with van der Waals surface area (Å²) in [4.78, 5) is 32.9. The fraction of sp³-hybridized carbons (Fsp3) is 0.688. The lowest BCUT2D eigenvalue weighted by Crippen LogP contribution is -2.45. The highest BCUT2D eigenvalue weighted by atomic mass is 127. The number of likely N-dealkylation sites (N-methyl/N-ethyl adjacent to an activating group) is 1. The molecule has 1 saturated heterocycles. The van der Waals surface area contributed by atoms with E-state index in [0.717, 1.165) is 19.5 Å². The Morgan fingerprint density at radius 1 is 1.17 bits per heavy atom. The molecule has 7 nitrogen and oxygen atoms in total. The van der Waals surface area contributed by atoms with Gasteiger partial charge in [-0.25, -0.2) is 0 Å². The van der Waals surface area contributed by atoms with Crippen molar-refractivity contribution < 1.29 is 28.6 Å². The Labute approximate surface area is 156 Å². The van der Waals surface area contributed by atoms with Gasteiger partial charge >= 0.3 is 17.9 Å². The van der Waals surface area contributed by atoms with E-state index in [1.54, 1.807) is 0 Å². The molecule has 1 rings (SSSR count). The highest BCUT2D eigenvalue weighted by Gasteiger charge is 2.30. The van der Waals surface area contributed by atoms with E-state index in [9.17, 15) is 14.4 Å². The predicted molar refractivity (Wildman–Crippen MR) is 97.6 cm³/mol. The maximum Gasteiger partial charge on any atom is 0.310 e. The molecule has 1 heterocycles. The fourth-order valence-electron chi connectivity index (χ4n) is 2.18. The second kappa shape index (κ2) is 13.3. The first-order chi connectivity index (χ1) is 11.3. The molecular formula is C16H26INO6. The van der Waals surface area contributed by atoms with Crippen LogP contribution in [0.4, 0.5) is 0 Å². The van der Waals surface area contributed by atoms with Gasteiger partial charge in [-0.3, -0.25) is 14.4 Å². The highest BCUT2D eigenvalue weighted by molar-refractivity contribution is 14.1. The summed E-state index contributed by atoms with van der Waals surface area (Å²) in [5.41, 5.74) is 0. The van der Waals surface area contributed by atoms with Gasteiger partial charge in [-0.2, -0.15) is 0 Å². The number of esters is 3. The predicted octanol–water partition coefficient (Wildman–Crippen LogP) is 1.93. The molecule has 1 fully saturated rings. The number of piperidine rings is 1. The lowest BCUT2D eigenvalue weighted by Gasteiger charge is -2.35. The van der Waals surface area contributed by atoms with Crippen LogP contribution in [0.3, 0.4) is 0 Å². The smallest absolute Gasteiger partial charge is 0.310 e.